The lowest BCUT2D eigenvalue weighted by molar-refractivity contribution is 0.394. The molecule has 1 fully saturated rings. The molecule has 0 spiro atoms. The zero-order valence-corrected chi connectivity index (χ0v) is 12.9. The Morgan fingerprint density at radius 1 is 1.42 bits per heavy atom. The molecule has 19 heavy (non-hydrogen) atoms. The molecule has 1 saturated carbocycles. The highest BCUT2D eigenvalue weighted by atomic mass is 32.2. The molecule has 2 aliphatic rings. The van der Waals surface area contributed by atoms with E-state index < -0.39 is 0 Å². The third kappa shape index (κ3) is 2.84. The molecule has 0 aromatic carbocycles. The van der Waals surface area contributed by atoms with Gasteiger partial charge in [-0.3, -0.25) is 4.68 Å². The van der Waals surface area contributed by atoms with Gasteiger partial charge in [0, 0.05) is 35.6 Å². The van der Waals surface area contributed by atoms with Crippen LogP contribution in [0.2, 0.25) is 0 Å². The van der Waals surface area contributed by atoms with Gasteiger partial charge in [0.1, 0.15) is 0 Å². The topological polar surface area (TPSA) is 29.9 Å². The Labute approximate surface area is 120 Å². The Balaban J connectivity index is 1.62. The summed E-state index contributed by atoms with van der Waals surface area (Å²) in [7, 11) is 2.07. The SMILES string of the molecule is CCSC1CCC(NC2CCCc3c2cnn3C)C1. The van der Waals surface area contributed by atoms with E-state index in [4.69, 9.17) is 0 Å². The van der Waals surface area contributed by atoms with Crippen molar-refractivity contribution in [2.45, 2.75) is 62.8 Å². The molecular formula is C15H25N3S. The molecule has 106 valence electrons. The van der Waals surface area contributed by atoms with Gasteiger partial charge in [0.15, 0.2) is 0 Å². The number of fused-ring (bicyclic) bond motifs is 1. The molecule has 0 amide bonds. The van der Waals surface area contributed by atoms with Gasteiger partial charge < -0.3 is 5.32 Å². The normalized spacial score (nSPS) is 30.5. The van der Waals surface area contributed by atoms with E-state index in [1.165, 1.54) is 55.5 Å². The molecule has 1 aromatic rings. The third-order valence-electron chi connectivity index (χ3n) is 4.60. The Morgan fingerprint density at radius 2 is 2.32 bits per heavy atom. The van der Waals surface area contributed by atoms with Crippen molar-refractivity contribution in [2.24, 2.45) is 7.05 Å². The van der Waals surface area contributed by atoms with Gasteiger partial charge in [-0.25, -0.2) is 0 Å². The molecule has 0 saturated heterocycles. The molecule has 0 radical (unpaired) electrons. The van der Waals surface area contributed by atoms with Gasteiger partial charge in [0.2, 0.25) is 0 Å². The van der Waals surface area contributed by atoms with E-state index in [1.807, 2.05) is 0 Å². The molecule has 0 bridgehead atoms. The largest absolute Gasteiger partial charge is 0.307 e. The van der Waals surface area contributed by atoms with Crippen molar-refractivity contribution < 1.29 is 0 Å². The monoisotopic (exact) mass is 279 g/mol. The second-order valence-electron chi connectivity index (χ2n) is 5.87. The summed E-state index contributed by atoms with van der Waals surface area (Å²) < 4.78 is 2.06. The minimum absolute atomic E-state index is 0.549. The van der Waals surface area contributed by atoms with Crippen molar-refractivity contribution in [1.29, 1.82) is 0 Å². The second-order valence-corrected chi connectivity index (χ2v) is 7.45. The smallest absolute Gasteiger partial charge is 0.0540 e. The molecule has 1 N–H and O–H groups in total. The van der Waals surface area contributed by atoms with Crippen molar-refractivity contribution in [2.75, 3.05) is 5.75 Å². The first kappa shape index (κ1) is 13.5. The third-order valence-corrected chi connectivity index (χ3v) is 5.83. The van der Waals surface area contributed by atoms with Crippen LogP contribution < -0.4 is 5.32 Å². The molecule has 1 aromatic heterocycles. The van der Waals surface area contributed by atoms with Gasteiger partial charge in [0.25, 0.3) is 0 Å². The summed E-state index contributed by atoms with van der Waals surface area (Å²) in [5, 5.41) is 9.24. The van der Waals surface area contributed by atoms with E-state index in [-0.39, 0.29) is 0 Å². The maximum atomic E-state index is 4.44. The lowest BCUT2D eigenvalue weighted by Crippen LogP contribution is -2.33. The standard InChI is InChI=1S/C15H25N3S/c1-3-19-12-8-7-11(9-12)17-14-5-4-6-15-13(14)10-16-18(15)2/h10-12,14,17H,3-9H2,1-2H3. The molecule has 1 heterocycles. The molecule has 2 aliphatic carbocycles. The van der Waals surface area contributed by atoms with Crippen LogP contribution in [0.3, 0.4) is 0 Å². The van der Waals surface area contributed by atoms with Crippen molar-refractivity contribution >= 4 is 11.8 Å². The highest BCUT2D eigenvalue weighted by Gasteiger charge is 2.29. The van der Waals surface area contributed by atoms with Crippen LogP contribution in [0.25, 0.3) is 0 Å². The average Bonchev–Trinajstić information content (AvgIpc) is 2.99. The van der Waals surface area contributed by atoms with Crippen molar-refractivity contribution in [3.63, 3.8) is 0 Å². The van der Waals surface area contributed by atoms with Gasteiger partial charge in [0.05, 0.1) is 6.20 Å². The summed E-state index contributed by atoms with van der Waals surface area (Å²) in [4.78, 5) is 0. The predicted molar refractivity (Wildman–Crippen MR) is 81.6 cm³/mol. The zero-order chi connectivity index (χ0) is 13.2. The van der Waals surface area contributed by atoms with Crippen molar-refractivity contribution in [3.05, 3.63) is 17.5 Å². The lowest BCUT2D eigenvalue weighted by atomic mass is 9.92. The number of hydrogen-bond donors (Lipinski definition) is 1. The van der Waals surface area contributed by atoms with Gasteiger partial charge in [-0.15, -0.1) is 0 Å². The van der Waals surface area contributed by atoms with Crippen LogP contribution in [0.5, 0.6) is 0 Å². The molecule has 3 unspecified atom stereocenters. The first-order valence-electron chi connectivity index (χ1n) is 7.66. The van der Waals surface area contributed by atoms with Gasteiger partial charge in [-0.2, -0.15) is 16.9 Å². The highest BCUT2D eigenvalue weighted by molar-refractivity contribution is 7.99. The minimum atomic E-state index is 0.549. The number of thioether (sulfide) groups is 1. The Hall–Kier alpha value is -0.480. The predicted octanol–water partition coefficient (Wildman–Crippen LogP) is 3.06. The average molecular weight is 279 g/mol. The molecule has 3 atom stereocenters. The van der Waals surface area contributed by atoms with Gasteiger partial charge in [-0.05, 0) is 44.3 Å². The summed E-state index contributed by atoms with van der Waals surface area (Å²) in [5.74, 6) is 1.26. The first-order valence-corrected chi connectivity index (χ1v) is 8.71. The van der Waals surface area contributed by atoms with Crippen LogP contribution in [0.1, 0.15) is 56.3 Å². The minimum Gasteiger partial charge on any atom is -0.307 e. The number of aromatic nitrogens is 2. The highest BCUT2D eigenvalue weighted by Crippen LogP contribution is 2.34. The summed E-state index contributed by atoms with van der Waals surface area (Å²) >= 11 is 2.14. The Bertz CT molecular complexity index is 429. The number of hydrogen-bond acceptors (Lipinski definition) is 3. The van der Waals surface area contributed by atoms with E-state index in [1.54, 1.807) is 0 Å². The summed E-state index contributed by atoms with van der Waals surface area (Å²) in [6.07, 6.45) is 9.95. The molecular weight excluding hydrogens is 254 g/mol. The number of nitrogens with one attached hydrogen (secondary N) is 1. The Kier molecular flexibility index (Phi) is 4.18. The van der Waals surface area contributed by atoms with Crippen LogP contribution in [-0.4, -0.2) is 26.8 Å². The fraction of sp³-hybridized carbons (Fsp3) is 0.800. The van der Waals surface area contributed by atoms with Crippen molar-refractivity contribution in [1.82, 2.24) is 15.1 Å². The van der Waals surface area contributed by atoms with Gasteiger partial charge >= 0.3 is 0 Å². The lowest BCUT2D eigenvalue weighted by Gasteiger charge is -2.27. The fourth-order valence-electron chi connectivity index (χ4n) is 3.64. The van der Waals surface area contributed by atoms with Crippen LogP contribution >= 0.6 is 11.8 Å². The molecule has 4 heteroatoms. The maximum absolute atomic E-state index is 4.44. The molecule has 0 aliphatic heterocycles. The first-order chi connectivity index (χ1) is 9.28. The molecule has 3 rings (SSSR count). The van der Waals surface area contributed by atoms with Crippen LogP contribution in [0, 0.1) is 0 Å². The zero-order valence-electron chi connectivity index (χ0n) is 12.1. The summed E-state index contributed by atoms with van der Waals surface area (Å²) in [5.41, 5.74) is 2.90. The maximum Gasteiger partial charge on any atom is 0.0540 e. The number of aryl methyl sites for hydroxylation is 1. The van der Waals surface area contributed by atoms with Crippen molar-refractivity contribution in [3.8, 4) is 0 Å². The van der Waals surface area contributed by atoms with Crippen LogP contribution in [-0.2, 0) is 13.5 Å². The quantitative estimate of drug-likeness (QED) is 0.918. The van der Waals surface area contributed by atoms with Crippen LogP contribution in [0.15, 0.2) is 6.20 Å². The Morgan fingerprint density at radius 3 is 3.16 bits per heavy atom. The van der Waals surface area contributed by atoms with E-state index in [0.29, 0.717) is 6.04 Å². The summed E-state index contributed by atoms with van der Waals surface area (Å²) in [6.45, 7) is 2.27. The molecule has 3 nitrogen and oxygen atoms in total. The number of nitrogens with zero attached hydrogens (tertiary/aromatic N) is 2. The van der Waals surface area contributed by atoms with E-state index in [0.717, 1.165) is 11.3 Å². The number of rotatable bonds is 4. The summed E-state index contributed by atoms with van der Waals surface area (Å²) in [6, 6.07) is 1.27. The van der Waals surface area contributed by atoms with Gasteiger partial charge in [-0.1, -0.05) is 6.92 Å². The van der Waals surface area contributed by atoms with Crippen LogP contribution in [0.4, 0.5) is 0 Å². The van der Waals surface area contributed by atoms with E-state index in [9.17, 15) is 0 Å². The second kappa shape index (κ2) is 5.88. The van der Waals surface area contributed by atoms with E-state index in [2.05, 4.69) is 47.0 Å². The van der Waals surface area contributed by atoms with E-state index >= 15 is 0 Å². The fourth-order valence-corrected chi connectivity index (χ4v) is 4.78.